The van der Waals surface area contributed by atoms with Crippen LogP contribution in [0.15, 0.2) is 42.5 Å². The Morgan fingerprint density at radius 2 is 1.77 bits per heavy atom. The first-order chi connectivity index (χ1) is 14.4. The summed E-state index contributed by atoms with van der Waals surface area (Å²) in [6.45, 7) is 1.21. The number of unbranched alkanes of at least 4 members (excludes halogenated alkanes) is 1. The average Bonchev–Trinajstić information content (AvgIpc) is 2.76. The fourth-order valence-corrected chi connectivity index (χ4v) is 3.76. The maximum Gasteiger partial charge on any atom is 0.253 e. The first kappa shape index (κ1) is 22.3. The van der Waals surface area contributed by atoms with Crippen molar-refractivity contribution in [1.82, 2.24) is 4.90 Å². The number of amides is 1. The van der Waals surface area contributed by atoms with Crippen molar-refractivity contribution in [1.29, 1.82) is 0 Å². The van der Waals surface area contributed by atoms with E-state index in [-0.39, 0.29) is 10.9 Å². The van der Waals surface area contributed by atoms with Gasteiger partial charge >= 0.3 is 0 Å². The van der Waals surface area contributed by atoms with Gasteiger partial charge in [-0.05, 0) is 74.6 Å². The number of hydrogen-bond donors (Lipinski definition) is 0. The third-order valence-electron chi connectivity index (χ3n) is 5.46. The number of ether oxygens (including phenoxy) is 2. The molecule has 0 unspecified atom stereocenters. The maximum absolute atomic E-state index is 15.1. The van der Waals surface area contributed by atoms with Crippen LogP contribution in [-0.2, 0) is 0 Å². The van der Waals surface area contributed by atoms with Crippen molar-refractivity contribution in [2.24, 2.45) is 0 Å². The van der Waals surface area contributed by atoms with Crippen LogP contribution < -0.4 is 9.47 Å². The molecule has 0 spiro atoms. The van der Waals surface area contributed by atoms with Crippen LogP contribution in [0.1, 0.15) is 42.5 Å². The number of methoxy groups -OCH3 is 1. The molecule has 0 aliphatic carbocycles. The Morgan fingerprint density at radius 1 is 1.10 bits per heavy atom. The summed E-state index contributed by atoms with van der Waals surface area (Å²) in [6, 6.07) is 11.3. The van der Waals surface area contributed by atoms with Gasteiger partial charge in [0.1, 0.15) is 23.0 Å². The molecule has 30 heavy (non-hydrogen) atoms. The topological polar surface area (TPSA) is 38.8 Å². The molecular formula is C23H26ClF2NO3. The lowest BCUT2D eigenvalue weighted by Crippen LogP contribution is -2.44. The number of piperidine rings is 1. The van der Waals surface area contributed by atoms with Crippen LogP contribution in [-0.4, -0.2) is 43.3 Å². The summed E-state index contributed by atoms with van der Waals surface area (Å²) in [7, 11) is 1.61. The minimum absolute atomic E-state index is 0.0884. The monoisotopic (exact) mass is 437 g/mol. The average molecular weight is 438 g/mol. The molecule has 3 rings (SSSR count). The molecule has 1 amide bonds. The highest BCUT2D eigenvalue weighted by atomic mass is 35.5. The molecule has 0 aromatic heterocycles. The van der Waals surface area contributed by atoms with Crippen molar-refractivity contribution < 1.29 is 23.0 Å². The molecule has 0 atom stereocenters. The number of alkyl halides is 1. The van der Waals surface area contributed by atoms with E-state index >= 15 is 4.39 Å². The molecule has 0 saturated carbocycles. The van der Waals surface area contributed by atoms with E-state index in [1.165, 1.54) is 18.2 Å². The minimum atomic E-state index is -1.27. The quantitative estimate of drug-likeness (QED) is 0.498. The fourth-order valence-electron chi connectivity index (χ4n) is 3.58. The fraction of sp³-hybridized carbons (Fsp3) is 0.435. The van der Waals surface area contributed by atoms with Crippen molar-refractivity contribution in [3.63, 3.8) is 0 Å². The van der Waals surface area contributed by atoms with Gasteiger partial charge in [0, 0.05) is 18.7 Å². The lowest BCUT2D eigenvalue weighted by Gasteiger charge is -2.36. The molecule has 162 valence electrons. The highest BCUT2D eigenvalue weighted by Crippen LogP contribution is 2.32. The van der Waals surface area contributed by atoms with Crippen LogP contribution in [0, 0.1) is 5.82 Å². The molecule has 0 radical (unpaired) electrons. The molecule has 2 aromatic carbocycles. The van der Waals surface area contributed by atoms with Gasteiger partial charge in [-0.2, -0.15) is 0 Å². The molecule has 1 aliphatic heterocycles. The van der Waals surface area contributed by atoms with Crippen LogP contribution in [0.3, 0.4) is 0 Å². The molecule has 7 heteroatoms. The van der Waals surface area contributed by atoms with E-state index < -0.39 is 11.5 Å². The maximum atomic E-state index is 15.1. The van der Waals surface area contributed by atoms with Crippen LogP contribution in [0.4, 0.5) is 8.78 Å². The Bertz CT molecular complexity index is 852. The third kappa shape index (κ3) is 5.85. The van der Waals surface area contributed by atoms with E-state index in [2.05, 4.69) is 0 Å². The number of hydrogen-bond acceptors (Lipinski definition) is 3. The summed E-state index contributed by atoms with van der Waals surface area (Å²) in [5, 5.41) is -0.0884. The molecule has 4 nitrogen and oxygen atoms in total. The highest BCUT2D eigenvalue weighted by Gasteiger charge is 2.35. The zero-order valence-corrected chi connectivity index (χ0v) is 17.8. The SMILES string of the molecule is COc1ccc(OCCCCC2(F)CCN(C(=O)c3ccc(F)c(Cl)c3)CC2)cc1. The number of halogens is 3. The van der Waals surface area contributed by atoms with Crippen molar-refractivity contribution in [3.05, 3.63) is 58.9 Å². The van der Waals surface area contributed by atoms with Crippen molar-refractivity contribution >= 4 is 17.5 Å². The van der Waals surface area contributed by atoms with E-state index in [1.807, 2.05) is 24.3 Å². The van der Waals surface area contributed by atoms with Gasteiger partial charge in [0.05, 0.1) is 18.7 Å². The predicted octanol–water partition coefficient (Wildman–Crippen LogP) is 5.68. The molecule has 1 fully saturated rings. The highest BCUT2D eigenvalue weighted by molar-refractivity contribution is 6.31. The lowest BCUT2D eigenvalue weighted by atomic mass is 9.88. The van der Waals surface area contributed by atoms with Crippen molar-refractivity contribution in [2.75, 3.05) is 26.8 Å². The lowest BCUT2D eigenvalue weighted by molar-refractivity contribution is 0.0382. The van der Waals surface area contributed by atoms with Crippen LogP contribution >= 0.6 is 11.6 Å². The molecule has 1 saturated heterocycles. The second-order valence-corrected chi connectivity index (χ2v) is 7.96. The molecule has 2 aromatic rings. The van der Waals surface area contributed by atoms with Crippen molar-refractivity contribution in [2.45, 2.75) is 37.8 Å². The second-order valence-electron chi connectivity index (χ2n) is 7.55. The number of carbonyl (C=O) groups excluding carboxylic acids is 1. The predicted molar refractivity (Wildman–Crippen MR) is 113 cm³/mol. The van der Waals surface area contributed by atoms with Gasteiger partial charge in [0.25, 0.3) is 5.91 Å². The number of nitrogens with zero attached hydrogens (tertiary/aromatic N) is 1. The molecule has 1 heterocycles. The molecule has 0 N–H and O–H groups in total. The number of benzene rings is 2. The van der Waals surface area contributed by atoms with Gasteiger partial charge < -0.3 is 14.4 Å². The smallest absolute Gasteiger partial charge is 0.253 e. The summed E-state index contributed by atoms with van der Waals surface area (Å²) in [6.07, 6.45) is 2.52. The van der Waals surface area contributed by atoms with E-state index in [1.54, 1.807) is 12.0 Å². The van der Waals surface area contributed by atoms with E-state index in [4.69, 9.17) is 21.1 Å². The summed E-state index contributed by atoms with van der Waals surface area (Å²) in [5.41, 5.74) is -0.944. The minimum Gasteiger partial charge on any atom is -0.497 e. The standard InChI is InChI=1S/C23H26ClF2NO3/c1-29-18-5-7-19(8-6-18)30-15-3-2-10-23(26)11-13-27(14-12-23)22(28)17-4-9-21(25)20(24)16-17/h4-9,16H,2-3,10-15H2,1H3. The van der Waals surface area contributed by atoms with Gasteiger partial charge in [-0.1, -0.05) is 11.6 Å². The molecule has 0 bridgehead atoms. The zero-order chi connectivity index (χ0) is 21.6. The summed E-state index contributed by atoms with van der Waals surface area (Å²) >= 11 is 5.76. The van der Waals surface area contributed by atoms with Gasteiger partial charge in [0.15, 0.2) is 0 Å². The Morgan fingerprint density at radius 3 is 2.40 bits per heavy atom. The van der Waals surface area contributed by atoms with Crippen LogP contribution in [0.2, 0.25) is 5.02 Å². The normalized spacial score (nSPS) is 15.7. The van der Waals surface area contributed by atoms with E-state index in [9.17, 15) is 9.18 Å². The van der Waals surface area contributed by atoms with Gasteiger partial charge in [0.2, 0.25) is 0 Å². The first-order valence-corrected chi connectivity index (χ1v) is 10.5. The summed E-state index contributed by atoms with van der Waals surface area (Å²) in [5.74, 6) is 0.727. The van der Waals surface area contributed by atoms with Gasteiger partial charge in [-0.15, -0.1) is 0 Å². The largest absolute Gasteiger partial charge is 0.497 e. The second kappa shape index (κ2) is 10.1. The molecular weight excluding hydrogens is 412 g/mol. The first-order valence-electron chi connectivity index (χ1n) is 10.1. The number of likely N-dealkylation sites (tertiary alicyclic amines) is 1. The Labute approximate surface area is 180 Å². The molecule has 1 aliphatic rings. The van der Waals surface area contributed by atoms with Gasteiger partial charge in [-0.25, -0.2) is 8.78 Å². The Kier molecular flexibility index (Phi) is 7.53. The third-order valence-corrected chi connectivity index (χ3v) is 5.75. The Balaban J connectivity index is 1.38. The summed E-state index contributed by atoms with van der Waals surface area (Å²) in [4.78, 5) is 14.2. The van der Waals surface area contributed by atoms with Gasteiger partial charge in [-0.3, -0.25) is 4.79 Å². The zero-order valence-electron chi connectivity index (χ0n) is 17.0. The van der Waals surface area contributed by atoms with Crippen LogP contribution in [0.25, 0.3) is 0 Å². The van der Waals surface area contributed by atoms with E-state index in [0.717, 1.165) is 17.9 Å². The Hall–Kier alpha value is -2.34. The van der Waals surface area contributed by atoms with E-state index in [0.29, 0.717) is 50.9 Å². The van der Waals surface area contributed by atoms with Crippen LogP contribution in [0.5, 0.6) is 11.5 Å². The number of rotatable bonds is 8. The number of carbonyl (C=O) groups is 1. The summed E-state index contributed by atoms with van der Waals surface area (Å²) < 4.78 is 39.2. The van der Waals surface area contributed by atoms with Crippen molar-refractivity contribution in [3.8, 4) is 11.5 Å².